The van der Waals surface area contributed by atoms with Gasteiger partial charge >= 0.3 is 5.97 Å². The van der Waals surface area contributed by atoms with Gasteiger partial charge in [0.15, 0.2) is 0 Å². The highest BCUT2D eigenvalue weighted by molar-refractivity contribution is 7.88. The molecule has 0 fully saturated rings. The molecule has 4 N–H and O–H groups in total. The molecule has 1 aromatic carbocycles. The van der Waals surface area contributed by atoms with E-state index in [0.717, 1.165) is 0 Å². The average Bonchev–Trinajstić information content (AvgIpc) is 2.26. The minimum absolute atomic E-state index is 0.126. The van der Waals surface area contributed by atoms with Crippen molar-refractivity contribution < 1.29 is 18.3 Å². The summed E-state index contributed by atoms with van der Waals surface area (Å²) in [5.41, 5.74) is 5.84. The van der Waals surface area contributed by atoms with E-state index < -0.39 is 16.0 Å². The second kappa shape index (κ2) is 5.76. The third-order valence-corrected chi connectivity index (χ3v) is 3.38. The van der Waals surface area contributed by atoms with E-state index in [0.29, 0.717) is 5.56 Å². The second-order valence-corrected chi connectivity index (χ2v) is 5.25. The Balaban J connectivity index is 2.72. The van der Waals surface area contributed by atoms with Crippen LogP contribution in [0.5, 0.6) is 0 Å². The zero-order chi connectivity index (χ0) is 12.9. The minimum Gasteiger partial charge on any atom is -0.478 e. The van der Waals surface area contributed by atoms with E-state index in [1.165, 1.54) is 24.3 Å². The number of hydrogen-bond acceptors (Lipinski definition) is 4. The molecule has 0 aromatic heterocycles. The molecule has 0 aliphatic heterocycles. The summed E-state index contributed by atoms with van der Waals surface area (Å²) in [6, 6.07) is 5.70. The molecule has 94 valence electrons. The van der Waals surface area contributed by atoms with Crippen molar-refractivity contribution in [3.05, 3.63) is 35.4 Å². The van der Waals surface area contributed by atoms with E-state index in [1.54, 1.807) is 0 Å². The van der Waals surface area contributed by atoms with Gasteiger partial charge in [-0.2, -0.15) is 0 Å². The molecule has 0 spiro atoms. The van der Waals surface area contributed by atoms with E-state index >= 15 is 0 Å². The molecule has 0 bridgehead atoms. The number of nitrogens with one attached hydrogen (secondary N) is 1. The molecule has 0 atom stereocenters. The highest BCUT2D eigenvalue weighted by Crippen LogP contribution is 2.07. The highest BCUT2D eigenvalue weighted by atomic mass is 32.2. The summed E-state index contributed by atoms with van der Waals surface area (Å²) in [5.74, 6) is -1.23. The molecular weight excluding hydrogens is 244 g/mol. The number of carbonyl (C=O) groups is 1. The molecule has 17 heavy (non-hydrogen) atoms. The summed E-state index contributed by atoms with van der Waals surface area (Å²) < 4.78 is 25.3. The average molecular weight is 258 g/mol. The van der Waals surface area contributed by atoms with Crippen LogP contribution < -0.4 is 10.5 Å². The number of rotatable bonds is 6. The summed E-state index contributed by atoms with van der Waals surface area (Å²) in [6.07, 6.45) is 0. The van der Waals surface area contributed by atoms with Crippen molar-refractivity contribution in [2.75, 3.05) is 13.1 Å². The molecule has 1 aromatic rings. The molecule has 0 saturated carbocycles. The van der Waals surface area contributed by atoms with E-state index in [4.69, 9.17) is 10.8 Å². The van der Waals surface area contributed by atoms with Crippen molar-refractivity contribution in [2.45, 2.75) is 5.75 Å². The van der Waals surface area contributed by atoms with Gasteiger partial charge in [-0.25, -0.2) is 17.9 Å². The molecule has 6 nitrogen and oxygen atoms in total. The number of aromatic carboxylic acids is 1. The lowest BCUT2D eigenvalue weighted by Gasteiger charge is -2.05. The summed E-state index contributed by atoms with van der Waals surface area (Å²) in [5, 5.41) is 8.68. The SMILES string of the molecule is NCCNS(=O)(=O)Cc1ccc(C(=O)O)cc1. The maximum absolute atomic E-state index is 11.5. The van der Waals surface area contributed by atoms with Crippen LogP contribution in [0.2, 0.25) is 0 Å². The smallest absolute Gasteiger partial charge is 0.335 e. The molecule has 7 heteroatoms. The first-order valence-corrected chi connectivity index (χ1v) is 6.59. The van der Waals surface area contributed by atoms with Gasteiger partial charge < -0.3 is 10.8 Å². The number of carboxylic acid groups (broad SMARTS) is 1. The van der Waals surface area contributed by atoms with Gasteiger partial charge in [0.2, 0.25) is 10.0 Å². The Kier molecular flexibility index (Phi) is 4.62. The Hall–Kier alpha value is -1.44. The maximum Gasteiger partial charge on any atom is 0.335 e. The van der Waals surface area contributed by atoms with Gasteiger partial charge in [-0.1, -0.05) is 12.1 Å². The first-order valence-electron chi connectivity index (χ1n) is 4.94. The highest BCUT2D eigenvalue weighted by Gasteiger charge is 2.11. The molecule has 0 aliphatic carbocycles. The number of carboxylic acids is 1. The fourth-order valence-corrected chi connectivity index (χ4v) is 2.39. The number of benzene rings is 1. The summed E-state index contributed by atoms with van der Waals surface area (Å²) >= 11 is 0. The Bertz CT molecular complexity index is 482. The molecule has 1 rings (SSSR count). The quantitative estimate of drug-likeness (QED) is 0.652. The Labute approximate surface area is 99.5 Å². The molecule has 0 amide bonds. The lowest BCUT2D eigenvalue weighted by Crippen LogP contribution is -2.30. The van der Waals surface area contributed by atoms with Gasteiger partial charge in [0.1, 0.15) is 0 Å². The van der Waals surface area contributed by atoms with Gasteiger partial charge in [-0.05, 0) is 17.7 Å². The Morgan fingerprint density at radius 1 is 1.29 bits per heavy atom. The summed E-state index contributed by atoms with van der Waals surface area (Å²) in [7, 11) is -3.41. The monoisotopic (exact) mass is 258 g/mol. The van der Waals surface area contributed by atoms with E-state index in [9.17, 15) is 13.2 Å². The third-order valence-electron chi connectivity index (χ3n) is 2.02. The van der Waals surface area contributed by atoms with E-state index in [1.807, 2.05) is 0 Å². The van der Waals surface area contributed by atoms with Crippen molar-refractivity contribution in [1.29, 1.82) is 0 Å². The summed E-state index contributed by atoms with van der Waals surface area (Å²) in [4.78, 5) is 10.6. The van der Waals surface area contributed by atoms with E-state index in [2.05, 4.69) is 4.72 Å². The second-order valence-electron chi connectivity index (χ2n) is 3.44. The maximum atomic E-state index is 11.5. The van der Waals surface area contributed by atoms with Crippen molar-refractivity contribution in [3.63, 3.8) is 0 Å². The predicted octanol–water partition coefficient (Wildman–Crippen LogP) is -0.237. The van der Waals surface area contributed by atoms with E-state index in [-0.39, 0.29) is 24.4 Å². The van der Waals surface area contributed by atoms with Gasteiger partial charge in [-0.15, -0.1) is 0 Å². The Morgan fingerprint density at radius 2 is 1.88 bits per heavy atom. The lowest BCUT2D eigenvalue weighted by molar-refractivity contribution is 0.0697. The van der Waals surface area contributed by atoms with Crippen LogP contribution in [-0.4, -0.2) is 32.6 Å². The first kappa shape index (κ1) is 13.6. The van der Waals surface area contributed by atoms with Crippen LogP contribution in [0, 0.1) is 0 Å². The van der Waals surface area contributed by atoms with Gasteiger partial charge in [-0.3, -0.25) is 0 Å². The number of nitrogens with two attached hydrogens (primary N) is 1. The molecular formula is C10H14N2O4S. The van der Waals surface area contributed by atoms with Crippen LogP contribution in [0.15, 0.2) is 24.3 Å². The van der Waals surface area contributed by atoms with Gasteiger partial charge in [0.05, 0.1) is 11.3 Å². The van der Waals surface area contributed by atoms with Crippen molar-refractivity contribution in [3.8, 4) is 0 Å². The predicted molar refractivity (Wildman–Crippen MR) is 63.1 cm³/mol. The number of hydrogen-bond donors (Lipinski definition) is 3. The van der Waals surface area contributed by atoms with Crippen LogP contribution in [0.4, 0.5) is 0 Å². The fourth-order valence-electron chi connectivity index (χ4n) is 1.23. The van der Waals surface area contributed by atoms with Crippen LogP contribution in [0.25, 0.3) is 0 Å². The molecule has 0 saturated heterocycles. The van der Waals surface area contributed by atoms with Crippen LogP contribution in [0.1, 0.15) is 15.9 Å². The van der Waals surface area contributed by atoms with Crippen LogP contribution >= 0.6 is 0 Å². The van der Waals surface area contributed by atoms with Crippen molar-refractivity contribution >= 4 is 16.0 Å². The third kappa shape index (κ3) is 4.51. The minimum atomic E-state index is -3.41. The Morgan fingerprint density at radius 3 is 2.35 bits per heavy atom. The van der Waals surface area contributed by atoms with Gasteiger partial charge in [0, 0.05) is 13.1 Å². The fraction of sp³-hybridized carbons (Fsp3) is 0.300. The lowest BCUT2D eigenvalue weighted by atomic mass is 10.1. The molecule has 0 aliphatic rings. The van der Waals surface area contributed by atoms with Gasteiger partial charge in [0.25, 0.3) is 0 Å². The summed E-state index contributed by atoms with van der Waals surface area (Å²) in [6.45, 7) is 0.423. The zero-order valence-electron chi connectivity index (χ0n) is 9.09. The first-order chi connectivity index (χ1) is 7.94. The van der Waals surface area contributed by atoms with Crippen LogP contribution in [0.3, 0.4) is 0 Å². The standard InChI is InChI=1S/C10H14N2O4S/c11-5-6-12-17(15,16)7-8-1-3-9(4-2-8)10(13)14/h1-4,12H,5-7,11H2,(H,13,14). The van der Waals surface area contributed by atoms with Crippen molar-refractivity contribution in [1.82, 2.24) is 4.72 Å². The normalized spacial score (nSPS) is 11.4. The number of sulfonamides is 1. The zero-order valence-corrected chi connectivity index (χ0v) is 9.90. The molecule has 0 radical (unpaired) electrons. The topological polar surface area (TPSA) is 109 Å². The van der Waals surface area contributed by atoms with Crippen LogP contribution in [-0.2, 0) is 15.8 Å². The van der Waals surface area contributed by atoms with Crippen molar-refractivity contribution in [2.24, 2.45) is 5.73 Å². The largest absolute Gasteiger partial charge is 0.478 e. The molecule has 0 unspecified atom stereocenters. The molecule has 0 heterocycles.